The molecule has 0 spiro atoms. The Balaban J connectivity index is 2.43. The highest BCUT2D eigenvalue weighted by Gasteiger charge is 2.11. The number of benzene rings is 2. The molecule has 2 nitrogen and oxygen atoms in total. The van der Waals surface area contributed by atoms with Crippen LogP contribution in [0.1, 0.15) is 10.4 Å². The van der Waals surface area contributed by atoms with Gasteiger partial charge in [-0.15, -0.1) is 0 Å². The summed E-state index contributed by atoms with van der Waals surface area (Å²) in [4.78, 5) is 11.4. The molecule has 0 radical (unpaired) electrons. The Labute approximate surface area is 119 Å². The number of ether oxygens (including phenoxy) is 1. The van der Waals surface area contributed by atoms with E-state index < -0.39 is 5.97 Å². The number of carbonyl (C=O) groups is 1. The van der Waals surface area contributed by atoms with Gasteiger partial charge in [0.25, 0.3) is 0 Å². The smallest absolute Gasteiger partial charge is 0.339 e. The van der Waals surface area contributed by atoms with E-state index in [4.69, 9.17) is 11.6 Å². The zero-order valence-electron chi connectivity index (χ0n) is 9.61. The van der Waals surface area contributed by atoms with Gasteiger partial charge in [0, 0.05) is 4.47 Å². The molecular weight excluding hydrogens is 316 g/mol. The summed E-state index contributed by atoms with van der Waals surface area (Å²) in [5.74, 6) is -0.430. The van der Waals surface area contributed by atoms with Gasteiger partial charge in [0.2, 0.25) is 0 Å². The minimum Gasteiger partial charge on any atom is -0.465 e. The summed E-state index contributed by atoms with van der Waals surface area (Å²) in [5, 5.41) is 0.388. The Kier molecular flexibility index (Phi) is 4.04. The van der Waals surface area contributed by atoms with Crippen LogP contribution in [0.25, 0.3) is 11.1 Å². The lowest BCUT2D eigenvalue weighted by Crippen LogP contribution is -2.01. The van der Waals surface area contributed by atoms with Crippen molar-refractivity contribution in [3.8, 4) is 11.1 Å². The zero-order valence-corrected chi connectivity index (χ0v) is 12.0. The van der Waals surface area contributed by atoms with Crippen molar-refractivity contribution in [3.05, 3.63) is 57.5 Å². The molecule has 2 aromatic rings. The summed E-state index contributed by atoms with van der Waals surface area (Å²) < 4.78 is 5.64. The summed E-state index contributed by atoms with van der Waals surface area (Å²) in [7, 11) is 1.33. The second-order valence-electron chi connectivity index (χ2n) is 3.70. The molecule has 4 heteroatoms. The van der Waals surface area contributed by atoms with E-state index in [1.807, 2.05) is 30.3 Å². The Bertz CT molecular complexity index is 596. The molecule has 0 saturated heterocycles. The SMILES string of the molecule is COC(=O)c1ccc(-c2cccc(Br)c2)cc1Cl. The van der Waals surface area contributed by atoms with Gasteiger partial charge in [-0.2, -0.15) is 0 Å². The van der Waals surface area contributed by atoms with Crippen LogP contribution in [-0.4, -0.2) is 13.1 Å². The highest BCUT2D eigenvalue weighted by molar-refractivity contribution is 9.10. The number of rotatable bonds is 2. The van der Waals surface area contributed by atoms with E-state index in [0.29, 0.717) is 10.6 Å². The number of halogens is 2. The molecule has 2 aromatic carbocycles. The first-order chi connectivity index (χ1) is 8.61. The fraction of sp³-hybridized carbons (Fsp3) is 0.0714. The van der Waals surface area contributed by atoms with Crippen LogP contribution in [0, 0.1) is 0 Å². The van der Waals surface area contributed by atoms with E-state index in [2.05, 4.69) is 20.7 Å². The van der Waals surface area contributed by atoms with Crippen molar-refractivity contribution >= 4 is 33.5 Å². The maximum absolute atomic E-state index is 11.4. The predicted molar refractivity (Wildman–Crippen MR) is 75.9 cm³/mol. The van der Waals surface area contributed by atoms with Crippen molar-refractivity contribution in [2.24, 2.45) is 0 Å². The Morgan fingerprint density at radius 1 is 1.17 bits per heavy atom. The van der Waals surface area contributed by atoms with E-state index in [0.717, 1.165) is 15.6 Å². The lowest BCUT2D eigenvalue weighted by molar-refractivity contribution is 0.0601. The van der Waals surface area contributed by atoms with Crippen molar-refractivity contribution < 1.29 is 9.53 Å². The molecule has 0 aliphatic rings. The second kappa shape index (κ2) is 5.55. The van der Waals surface area contributed by atoms with Gasteiger partial charge in [-0.25, -0.2) is 4.79 Å². The Hall–Kier alpha value is -1.32. The van der Waals surface area contributed by atoms with Gasteiger partial charge in [-0.05, 0) is 35.4 Å². The average molecular weight is 326 g/mol. The topological polar surface area (TPSA) is 26.3 Å². The summed E-state index contributed by atoms with van der Waals surface area (Å²) >= 11 is 9.50. The van der Waals surface area contributed by atoms with Crippen LogP contribution in [0.15, 0.2) is 46.9 Å². The fourth-order valence-electron chi connectivity index (χ4n) is 1.64. The lowest BCUT2D eigenvalue weighted by atomic mass is 10.0. The Morgan fingerprint density at radius 3 is 2.50 bits per heavy atom. The monoisotopic (exact) mass is 324 g/mol. The molecule has 0 bridgehead atoms. The largest absolute Gasteiger partial charge is 0.465 e. The second-order valence-corrected chi connectivity index (χ2v) is 5.02. The summed E-state index contributed by atoms with van der Waals surface area (Å²) in [6.07, 6.45) is 0. The molecule has 0 atom stereocenters. The van der Waals surface area contributed by atoms with Crippen LogP contribution in [0.3, 0.4) is 0 Å². The minimum absolute atomic E-state index is 0.373. The van der Waals surface area contributed by atoms with Gasteiger partial charge in [-0.1, -0.05) is 45.7 Å². The maximum Gasteiger partial charge on any atom is 0.339 e. The normalized spacial score (nSPS) is 10.2. The van der Waals surface area contributed by atoms with Crippen molar-refractivity contribution in [2.45, 2.75) is 0 Å². The third kappa shape index (κ3) is 2.74. The highest BCUT2D eigenvalue weighted by Crippen LogP contribution is 2.27. The van der Waals surface area contributed by atoms with Crippen LogP contribution >= 0.6 is 27.5 Å². The third-order valence-corrected chi connectivity index (χ3v) is 3.34. The van der Waals surface area contributed by atoms with Gasteiger partial charge >= 0.3 is 5.97 Å². The molecule has 0 aliphatic carbocycles. The van der Waals surface area contributed by atoms with Crippen molar-refractivity contribution in [3.63, 3.8) is 0 Å². The van der Waals surface area contributed by atoms with Gasteiger partial charge in [0.1, 0.15) is 0 Å². The van der Waals surface area contributed by atoms with Crippen molar-refractivity contribution in [2.75, 3.05) is 7.11 Å². The van der Waals surface area contributed by atoms with E-state index in [1.54, 1.807) is 12.1 Å². The average Bonchev–Trinajstić information content (AvgIpc) is 2.37. The molecule has 0 unspecified atom stereocenters. The standard InChI is InChI=1S/C14H10BrClO2/c1-18-14(17)12-6-5-10(8-13(12)16)9-3-2-4-11(15)7-9/h2-8H,1H3. The van der Waals surface area contributed by atoms with Crippen LogP contribution in [-0.2, 0) is 4.74 Å². The van der Waals surface area contributed by atoms with Gasteiger partial charge in [-0.3, -0.25) is 0 Å². The number of hydrogen-bond donors (Lipinski definition) is 0. The summed E-state index contributed by atoms with van der Waals surface area (Å²) in [6.45, 7) is 0. The lowest BCUT2D eigenvalue weighted by Gasteiger charge is -2.06. The Morgan fingerprint density at radius 2 is 1.89 bits per heavy atom. The highest BCUT2D eigenvalue weighted by atomic mass is 79.9. The van der Waals surface area contributed by atoms with Crippen molar-refractivity contribution in [1.82, 2.24) is 0 Å². The quantitative estimate of drug-likeness (QED) is 0.757. The van der Waals surface area contributed by atoms with E-state index in [1.165, 1.54) is 7.11 Å². The molecule has 0 amide bonds. The molecule has 0 fully saturated rings. The molecular formula is C14H10BrClO2. The molecule has 0 N–H and O–H groups in total. The first kappa shape index (κ1) is 13.1. The molecule has 0 aromatic heterocycles. The number of esters is 1. The van der Waals surface area contributed by atoms with E-state index in [9.17, 15) is 4.79 Å². The maximum atomic E-state index is 11.4. The predicted octanol–water partition coefficient (Wildman–Crippen LogP) is 4.56. The molecule has 2 rings (SSSR count). The van der Waals surface area contributed by atoms with Gasteiger partial charge in [0.05, 0.1) is 17.7 Å². The summed E-state index contributed by atoms with van der Waals surface area (Å²) in [5.41, 5.74) is 2.36. The van der Waals surface area contributed by atoms with Gasteiger partial charge < -0.3 is 4.74 Å². The van der Waals surface area contributed by atoms with Crippen LogP contribution in [0.2, 0.25) is 5.02 Å². The first-order valence-electron chi connectivity index (χ1n) is 5.25. The molecule has 92 valence electrons. The number of methoxy groups -OCH3 is 1. The number of carbonyl (C=O) groups excluding carboxylic acids is 1. The first-order valence-corrected chi connectivity index (χ1v) is 6.42. The zero-order chi connectivity index (χ0) is 13.1. The van der Waals surface area contributed by atoms with Crippen LogP contribution < -0.4 is 0 Å². The van der Waals surface area contributed by atoms with Crippen LogP contribution in [0.5, 0.6) is 0 Å². The van der Waals surface area contributed by atoms with Crippen molar-refractivity contribution in [1.29, 1.82) is 0 Å². The fourth-order valence-corrected chi connectivity index (χ4v) is 2.30. The minimum atomic E-state index is -0.430. The van der Waals surface area contributed by atoms with Crippen LogP contribution in [0.4, 0.5) is 0 Å². The molecule has 0 heterocycles. The van der Waals surface area contributed by atoms with Gasteiger partial charge in [0.15, 0.2) is 0 Å². The molecule has 0 saturated carbocycles. The molecule has 18 heavy (non-hydrogen) atoms. The number of hydrogen-bond acceptors (Lipinski definition) is 2. The third-order valence-electron chi connectivity index (χ3n) is 2.53. The summed E-state index contributed by atoms with van der Waals surface area (Å²) in [6, 6.07) is 13.1. The molecule has 0 aliphatic heterocycles. The van der Waals surface area contributed by atoms with E-state index in [-0.39, 0.29) is 0 Å². The van der Waals surface area contributed by atoms with E-state index >= 15 is 0 Å².